The van der Waals surface area contributed by atoms with Gasteiger partial charge in [0, 0.05) is 11.6 Å². The van der Waals surface area contributed by atoms with Crippen LogP contribution in [0.15, 0.2) is 30.6 Å². The van der Waals surface area contributed by atoms with Crippen LogP contribution in [-0.4, -0.2) is 9.97 Å². The van der Waals surface area contributed by atoms with Crippen LogP contribution in [0.25, 0.3) is 0 Å². The van der Waals surface area contributed by atoms with E-state index < -0.39 is 0 Å². The van der Waals surface area contributed by atoms with Crippen molar-refractivity contribution in [1.29, 1.82) is 0 Å². The van der Waals surface area contributed by atoms with E-state index in [1.807, 2.05) is 24.3 Å². The van der Waals surface area contributed by atoms with Crippen molar-refractivity contribution in [2.24, 2.45) is 0 Å². The molecule has 3 nitrogen and oxygen atoms in total. The Bertz CT molecular complexity index is 511. The lowest BCUT2D eigenvalue weighted by Gasteiger charge is -2.08. The summed E-state index contributed by atoms with van der Waals surface area (Å²) in [7, 11) is 0. The molecular formula is C11H8Cl3N3. The van der Waals surface area contributed by atoms with Gasteiger partial charge in [-0.1, -0.05) is 46.9 Å². The molecule has 0 saturated heterocycles. The van der Waals surface area contributed by atoms with E-state index in [1.54, 1.807) is 0 Å². The lowest BCUT2D eigenvalue weighted by molar-refractivity contribution is 1.10. The second kappa shape index (κ2) is 5.54. The minimum Gasteiger partial charge on any atom is -0.376 e. The fraction of sp³-hybridized carbons (Fsp3) is 0.0909. The minimum atomic E-state index is 0.298. The van der Waals surface area contributed by atoms with Crippen LogP contribution in [0.1, 0.15) is 5.56 Å². The van der Waals surface area contributed by atoms with Gasteiger partial charge in [-0.3, -0.25) is 0 Å². The third kappa shape index (κ3) is 3.22. The molecule has 1 aromatic heterocycles. The van der Waals surface area contributed by atoms with E-state index in [1.165, 1.54) is 6.33 Å². The van der Waals surface area contributed by atoms with Crippen molar-refractivity contribution in [3.63, 3.8) is 0 Å². The lowest BCUT2D eigenvalue weighted by atomic mass is 10.2. The molecule has 0 aliphatic heterocycles. The Kier molecular flexibility index (Phi) is 4.05. The zero-order valence-electron chi connectivity index (χ0n) is 8.62. The largest absolute Gasteiger partial charge is 0.376 e. The molecule has 0 atom stereocenters. The molecule has 0 spiro atoms. The Hall–Kier alpha value is -1.03. The maximum atomic E-state index is 5.90. The van der Waals surface area contributed by atoms with E-state index in [9.17, 15) is 0 Å². The number of anilines is 1. The van der Waals surface area contributed by atoms with Crippen molar-refractivity contribution in [2.45, 2.75) is 6.54 Å². The fourth-order valence-corrected chi connectivity index (χ4v) is 1.99. The van der Waals surface area contributed by atoms with Gasteiger partial charge in [-0.25, -0.2) is 9.97 Å². The molecule has 0 aliphatic carbocycles. The molecule has 2 aromatic rings. The maximum absolute atomic E-state index is 5.90. The number of halogens is 3. The number of hydrogen-bond acceptors (Lipinski definition) is 3. The zero-order chi connectivity index (χ0) is 12.3. The molecule has 6 heteroatoms. The fourth-order valence-electron chi connectivity index (χ4n) is 1.33. The molecule has 1 heterocycles. The summed E-state index contributed by atoms with van der Waals surface area (Å²) >= 11 is 17.7. The maximum Gasteiger partial charge on any atom is 0.157 e. The molecule has 0 amide bonds. The van der Waals surface area contributed by atoms with Crippen molar-refractivity contribution in [2.75, 3.05) is 5.32 Å². The first-order chi connectivity index (χ1) is 8.16. The standard InChI is InChI=1S/C11H8Cl3N3/c12-8-3-1-2-7(4-8)5-15-9-10(13)16-6-17-11(9)14/h1-4,6,15H,5H2. The van der Waals surface area contributed by atoms with Gasteiger partial charge in [-0.15, -0.1) is 0 Å². The average molecular weight is 289 g/mol. The van der Waals surface area contributed by atoms with Crippen LogP contribution in [0.3, 0.4) is 0 Å². The summed E-state index contributed by atoms with van der Waals surface area (Å²) < 4.78 is 0. The molecule has 17 heavy (non-hydrogen) atoms. The van der Waals surface area contributed by atoms with Gasteiger partial charge in [0.1, 0.15) is 12.0 Å². The van der Waals surface area contributed by atoms with Gasteiger partial charge in [0.2, 0.25) is 0 Å². The van der Waals surface area contributed by atoms with Crippen LogP contribution in [0, 0.1) is 0 Å². The van der Waals surface area contributed by atoms with E-state index in [2.05, 4.69) is 15.3 Å². The number of benzene rings is 1. The monoisotopic (exact) mass is 287 g/mol. The van der Waals surface area contributed by atoms with E-state index in [4.69, 9.17) is 34.8 Å². The molecule has 0 bridgehead atoms. The van der Waals surface area contributed by atoms with Crippen molar-refractivity contribution in [1.82, 2.24) is 9.97 Å². The SMILES string of the molecule is Clc1cccc(CNc2c(Cl)ncnc2Cl)c1. The Balaban J connectivity index is 2.13. The van der Waals surface area contributed by atoms with Crippen LogP contribution in [0.5, 0.6) is 0 Å². The molecule has 0 saturated carbocycles. The van der Waals surface area contributed by atoms with Gasteiger partial charge in [-0.05, 0) is 17.7 Å². The third-order valence-corrected chi connectivity index (χ3v) is 2.92. The molecule has 0 fully saturated rings. The van der Waals surface area contributed by atoms with Gasteiger partial charge < -0.3 is 5.32 Å². The summed E-state index contributed by atoms with van der Waals surface area (Å²) in [4.78, 5) is 7.70. The van der Waals surface area contributed by atoms with E-state index in [0.717, 1.165) is 5.56 Å². The summed E-state index contributed by atoms with van der Waals surface area (Å²) in [5.74, 6) is 0. The third-order valence-electron chi connectivity index (χ3n) is 2.11. The van der Waals surface area contributed by atoms with Gasteiger partial charge >= 0.3 is 0 Å². The highest BCUT2D eigenvalue weighted by Crippen LogP contribution is 2.26. The first-order valence-corrected chi connectivity index (χ1v) is 5.94. The topological polar surface area (TPSA) is 37.8 Å². The average Bonchev–Trinajstić information content (AvgIpc) is 2.28. The van der Waals surface area contributed by atoms with E-state index in [0.29, 0.717) is 27.6 Å². The van der Waals surface area contributed by atoms with Crippen molar-refractivity contribution < 1.29 is 0 Å². The Labute approximate surface area is 114 Å². The van der Waals surface area contributed by atoms with Crippen molar-refractivity contribution in [3.05, 3.63) is 51.5 Å². The predicted molar refractivity (Wildman–Crippen MR) is 70.8 cm³/mol. The Morgan fingerprint density at radius 1 is 1.06 bits per heavy atom. The Morgan fingerprint density at radius 2 is 1.76 bits per heavy atom. The molecule has 1 aromatic carbocycles. The highest BCUT2D eigenvalue weighted by molar-refractivity contribution is 6.37. The van der Waals surface area contributed by atoms with E-state index >= 15 is 0 Å². The lowest BCUT2D eigenvalue weighted by Crippen LogP contribution is -2.02. The van der Waals surface area contributed by atoms with E-state index in [-0.39, 0.29) is 0 Å². The highest BCUT2D eigenvalue weighted by Gasteiger charge is 2.07. The second-order valence-electron chi connectivity index (χ2n) is 3.31. The summed E-state index contributed by atoms with van der Waals surface area (Å²) in [6.45, 7) is 0.549. The van der Waals surface area contributed by atoms with Crippen LogP contribution in [-0.2, 0) is 6.54 Å². The summed E-state index contributed by atoms with van der Waals surface area (Å²) in [6, 6.07) is 7.51. The van der Waals surface area contributed by atoms with Gasteiger partial charge in [0.15, 0.2) is 10.3 Å². The first kappa shape index (κ1) is 12.4. The molecule has 88 valence electrons. The van der Waals surface area contributed by atoms with Crippen LogP contribution in [0.4, 0.5) is 5.69 Å². The smallest absolute Gasteiger partial charge is 0.157 e. The molecule has 2 rings (SSSR count). The van der Waals surface area contributed by atoms with Gasteiger partial charge in [0.25, 0.3) is 0 Å². The number of nitrogens with zero attached hydrogens (tertiary/aromatic N) is 2. The summed E-state index contributed by atoms with van der Waals surface area (Å²) in [5, 5.41) is 4.36. The highest BCUT2D eigenvalue weighted by atomic mass is 35.5. The first-order valence-electron chi connectivity index (χ1n) is 4.81. The molecule has 1 N–H and O–H groups in total. The normalized spacial score (nSPS) is 10.3. The molecule has 0 radical (unpaired) electrons. The summed E-state index contributed by atoms with van der Waals surface area (Å²) in [6.07, 6.45) is 1.31. The van der Waals surface area contributed by atoms with Gasteiger partial charge in [0.05, 0.1) is 0 Å². The van der Waals surface area contributed by atoms with Crippen molar-refractivity contribution >= 4 is 40.5 Å². The van der Waals surface area contributed by atoms with Crippen molar-refractivity contribution in [3.8, 4) is 0 Å². The van der Waals surface area contributed by atoms with Gasteiger partial charge in [-0.2, -0.15) is 0 Å². The predicted octanol–water partition coefficient (Wildman–Crippen LogP) is 4.05. The molecular weight excluding hydrogens is 281 g/mol. The van der Waals surface area contributed by atoms with Crippen LogP contribution in [0.2, 0.25) is 15.3 Å². The van der Waals surface area contributed by atoms with Crippen LogP contribution >= 0.6 is 34.8 Å². The number of aromatic nitrogens is 2. The minimum absolute atomic E-state index is 0.298. The van der Waals surface area contributed by atoms with Crippen LogP contribution < -0.4 is 5.32 Å². The Morgan fingerprint density at radius 3 is 2.41 bits per heavy atom. The molecule has 0 aliphatic rings. The molecule has 0 unspecified atom stereocenters. The zero-order valence-corrected chi connectivity index (χ0v) is 10.9. The second-order valence-corrected chi connectivity index (χ2v) is 4.47. The number of hydrogen-bond donors (Lipinski definition) is 1. The number of rotatable bonds is 3. The number of nitrogens with one attached hydrogen (secondary N) is 1. The summed E-state index contributed by atoms with van der Waals surface area (Å²) in [5.41, 5.74) is 1.55. The quantitative estimate of drug-likeness (QED) is 0.866.